The molecule has 0 bridgehead atoms. The van der Waals surface area contributed by atoms with E-state index in [0.717, 1.165) is 47.8 Å². The Morgan fingerprint density at radius 1 is 1.30 bits per heavy atom. The fourth-order valence-electron chi connectivity index (χ4n) is 4.46. The van der Waals surface area contributed by atoms with Gasteiger partial charge in [0.2, 0.25) is 5.91 Å². The first-order chi connectivity index (χ1) is 14.2. The summed E-state index contributed by atoms with van der Waals surface area (Å²) in [5.74, 6) is -0.134. The molecule has 0 aliphatic carbocycles. The number of nitrogens with one attached hydrogen (secondary N) is 1. The Kier molecular flexibility index (Phi) is 5.59. The second-order valence-corrected chi connectivity index (χ2v) is 9.27. The van der Waals surface area contributed by atoms with Crippen molar-refractivity contribution in [1.29, 1.82) is 0 Å². The Morgan fingerprint density at radius 2 is 2.10 bits per heavy atom. The van der Waals surface area contributed by atoms with Crippen LogP contribution in [0.25, 0.3) is 0 Å². The minimum Gasteiger partial charge on any atom is -0.312 e. The van der Waals surface area contributed by atoms with Gasteiger partial charge in [-0.15, -0.1) is 0 Å². The average Bonchev–Trinajstić information content (AvgIpc) is 2.95. The highest BCUT2D eigenvalue weighted by Gasteiger charge is 2.40. The first-order valence-electron chi connectivity index (χ1n) is 10.6. The summed E-state index contributed by atoms with van der Waals surface area (Å²) in [6.45, 7) is 11.9. The van der Waals surface area contributed by atoms with Crippen LogP contribution >= 0.6 is 0 Å². The Balaban J connectivity index is 1.57. The third-order valence-corrected chi connectivity index (χ3v) is 6.10. The molecule has 30 heavy (non-hydrogen) atoms. The number of amides is 1. The van der Waals surface area contributed by atoms with Crippen molar-refractivity contribution in [1.82, 2.24) is 20.4 Å². The smallest absolute Gasteiger partial charge is 0.241 e. The van der Waals surface area contributed by atoms with Crippen molar-refractivity contribution in [3.8, 4) is 0 Å². The maximum Gasteiger partial charge on any atom is 0.241 e. The number of hydrogen-bond donors (Lipinski definition) is 1. The summed E-state index contributed by atoms with van der Waals surface area (Å²) >= 11 is 0. The fourth-order valence-corrected chi connectivity index (χ4v) is 4.46. The van der Waals surface area contributed by atoms with Crippen LogP contribution in [0.4, 0.5) is 10.1 Å². The number of fused-ring (bicyclic) bond motifs is 1. The van der Waals surface area contributed by atoms with Crippen molar-refractivity contribution in [2.75, 3.05) is 37.6 Å². The number of hydrogen-bond acceptors (Lipinski definition) is 5. The fraction of sp³-hybridized carbons (Fsp3) is 0.522. The zero-order chi connectivity index (χ0) is 21.5. The minimum atomic E-state index is -0.239. The molecule has 1 unspecified atom stereocenters. The largest absolute Gasteiger partial charge is 0.312 e. The molecule has 1 fully saturated rings. The molecule has 1 atom stereocenters. The normalized spacial score (nSPS) is 21.0. The molecule has 0 saturated carbocycles. The van der Waals surface area contributed by atoms with Crippen molar-refractivity contribution in [2.45, 2.75) is 45.6 Å². The molecule has 1 saturated heterocycles. The molecule has 4 rings (SSSR count). The lowest BCUT2D eigenvalue weighted by Crippen LogP contribution is -2.52. The molecule has 1 N–H and O–H groups in total. The first kappa shape index (κ1) is 20.9. The Morgan fingerprint density at radius 3 is 2.83 bits per heavy atom. The standard InChI is InChI=1S/C23H30FN5O/c1-15-9-18(24)6-5-17(15)10-19-11-20-22(27-26-19)23(3,4)14-29(20)21(30)13-28-8-7-25-16(2)12-28/h5-6,9,11,16,25H,7-8,10,12-14H2,1-4H3. The van der Waals surface area contributed by atoms with Crippen LogP contribution in [0.5, 0.6) is 0 Å². The van der Waals surface area contributed by atoms with Crippen LogP contribution in [-0.2, 0) is 16.6 Å². The summed E-state index contributed by atoms with van der Waals surface area (Å²) < 4.78 is 13.4. The van der Waals surface area contributed by atoms with Crippen LogP contribution in [0.2, 0.25) is 0 Å². The van der Waals surface area contributed by atoms with Gasteiger partial charge in [0.05, 0.1) is 23.6 Å². The van der Waals surface area contributed by atoms with E-state index in [-0.39, 0.29) is 17.1 Å². The number of nitrogens with zero attached hydrogens (tertiary/aromatic N) is 4. The number of anilines is 1. The highest BCUT2D eigenvalue weighted by molar-refractivity contribution is 5.97. The van der Waals surface area contributed by atoms with Gasteiger partial charge in [0.1, 0.15) is 5.82 Å². The van der Waals surface area contributed by atoms with E-state index in [9.17, 15) is 9.18 Å². The number of piperazine rings is 1. The first-order valence-corrected chi connectivity index (χ1v) is 10.6. The third-order valence-electron chi connectivity index (χ3n) is 6.10. The quantitative estimate of drug-likeness (QED) is 0.837. The summed E-state index contributed by atoms with van der Waals surface area (Å²) in [6.07, 6.45) is 0.560. The molecule has 6 nitrogen and oxygen atoms in total. The lowest BCUT2D eigenvalue weighted by atomic mass is 9.91. The lowest BCUT2D eigenvalue weighted by Gasteiger charge is -2.32. The minimum absolute atomic E-state index is 0.104. The second-order valence-electron chi connectivity index (χ2n) is 9.27. The van der Waals surface area contributed by atoms with Crippen LogP contribution in [0.1, 0.15) is 43.3 Å². The maximum atomic E-state index is 13.4. The summed E-state index contributed by atoms with van der Waals surface area (Å²) in [7, 11) is 0. The van der Waals surface area contributed by atoms with E-state index in [4.69, 9.17) is 0 Å². The number of aryl methyl sites for hydroxylation is 1. The van der Waals surface area contributed by atoms with E-state index in [2.05, 4.69) is 41.2 Å². The Bertz CT molecular complexity index is 961. The monoisotopic (exact) mass is 411 g/mol. The molecule has 2 aliphatic rings. The predicted molar refractivity (Wildman–Crippen MR) is 115 cm³/mol. The number of carbonyl (C=O) groups excluding carboxylic acids is 1. The summed E-state index contributed by atoms with van der Waals surface area (Å²) in [6, 6.07) is 7.17. The van der Waals surface area contributed by atoms with Gasteiger partial charge in [0.15, 0.2) is 0 Å². The molecule has 1 aromatic heterocycles. The molecular formula is C23H30FN5O. The van der Waals surface area contributed by atoms with E-state index < -0.39 is 0 Å². The molecule has 1 amide bonds. The lowest BCUT2D eigenvalue weighted by molar-refractivity contribution is -0.120. The van der Waals surface area contributed by atoms with Gasteiger partial charge < -0.3 is 10.2 Å². The molecule has 0 radical (unpaired) electrons. The van der Waals surface area contributed by atoms with Gasteiger partial charge in [0.25, 0.3) is 0 Å². The van der Waals surface area contributed by atoms with Crippen LogP contribution in [0, 0.1) is 12.7 Å². The molecule has 160 valence electrons. The van der Waals surface area contributed by atoms with Gasteiger partial charge in [0, 0.05) is 44.1 Å². The zero-order valence-corrected chi connectivity index (χ0v) is 18.2. The topological polar surface area (TPSA) is 61.4 Å². The van der Waals surface area contributed by atoms with Gasteiger partial charge in [-0.05, 0) is 43.2 Å². The van der Waals surface area contributed by atoms with Gasteiger partial charge in [-0.3, -0.25) is 9.69 Å². The van der Waals surface area contributed by atoms with Crippen molar-refractivity contribution in [3.63, 3.8) is 0 Å². The average molecular weight is 412 g/mol. The van der Waals surface area contributed by atoms with E-state index in [1.165, 1.54) is 12.1 Å². The van der Waals surface area contributed by atoms with Crippen molar-refractivity contribution in [3.05, 3.63) is 52.6 Å². The molecule has 0 spiro atoms. The molecule has 3 heterocycles. The summed E-state index contributed by atoms with van der Waals surface area (Å²) in [5, 5.41) is 12.3. The number of halogens is 1. The van der Waals surface area contributed by atoms with Gasteiger partial charge >= 0.3 is 0 Å². The molecule has 2 aromatic rings. The van der Waals surface area contributed by atoms with Crippen molar-refractivity contribution in [2.24, 2.45) is 0 Å². The van der Waals surface area contributed by atoms with E-state index in [1.807, 2.05) is 17.9 Å². The Labute approximate surface area is 177 Å². The van der Waals surface area contributed by atoms with E-state index in [1.54, 1.807) is 6.07 Å². The van der Waals surface area contributed by atoms with Crippen LogP contribution in [0.15, 0.2) is 24.3 Å². The van der Waals surface area contributed by atoms with Gasteiger partial charge in [-0.2, -0.15) is 10.2 Å². The number of rotatable bonds is 4. The molecular weight excluding hydrogens is 381 g/mol. The number of benzene rings is 1. The van der Waals surface area contributed by atoms with Gasteiger partial charge in [-0.25, -0.2) is 4.39 Å². The second kappa shape index (κ2) is 8.04. The maximum absolute atomic E-state index is 13.4. The highest BCUT2D eigenvalue weighted by Crippen LogP contribution is 2.39. The molecule has 1 aromatic carbocycles. The zero-order valence-electron chi connectivity index (χ0n) is 18.2. The number of carbonyl (C=O) groups is 1. The van der Waals surface area contributed by atoms with Crippen molar-refractivity contribution >= 4 is 11.6 Å². The molecule has 7 heteroatoms. The third kappa shape index (κ3) is 4.23. The van der Waals surface area contributed by atoms with Crippen LogP contribution in [-0.4, -0.2) is 59.8 Å². The number of aromatic nitrogens is 2. The van der Waals surface area contributed by atoms with Crippen LogP contribution in [0.3, 0.4) is 0 Å². The van der Waals surface area contributed by atoms with E-state index in [0.29, 0.717) is 25.6 Å². The predicted octanol–water partition coefficient (Wildman–Crippen LogP) is 2.43. The summed E-state index contributed by atoms with van der Waals surface area (Å²) in [5.41, 5.74) is 4.17. The molecule has 2 aliphatic heterocycles. The Hall–Kier alpha value is -2.38. The van der Waals surface area contributed by atoms with Crippen molar-refractivity contribution < 1.29 is 9.18 Å². The van der Waals surface area contributed by atoms with E-state index >= 15 is 0 Å². The van der Waals surface area contributed by atoms with Gasteiger partial charge in [-0.1, -0.05) is 19.9 Å². The SMILES string of the molecule is Cc1cc(F)ccc1Cc1cc2c(nn1)C(C)(C)CN2C(=O)CN1CCNC(C)C1. The highest BCUT2D eigenvalue weighted by atomic mass is 19.1. The van der Waals surface area contributed by atoms with Crippen LogP contribution < -0.4 is 10.2 Å². The summed E-state index contributed by atoms with van der Waals surface area (Å²) in [4.78, 5) is 17.3.